The highest BCUT2D eigenvalue weighted by molar-refractivity contribution is 5.85. The van der Waals surface area contributed by atoms with Crippen LogP contribution in [0.4, 0.5) is 0 Å². The van der Waals surface area contributed by atoms with Gasteiger partial charge in [-0.3, -0.25) is 4.90 Å². The maximum atomic E-state index is 10.6. The Morgan fingerprint density at radius 3 is 2.48 bits per heavy atom. The smallest absolute Gasteiger partial charge is 0.134 e. The summed E-state index contributed by atoms with van der Waals surface area (Å²) in [7, 11) is 0. The normalized spacial score (nSPS) is 14.4. The van der Waals surface area contributed by atoms with Crippen molar-refractivity contribution in [1.82, 2.24) is 10.2 Å². The van der Waals surface area contributed by atoms with E-state index in [1.807, 2.05) is 31.2 Å². The van der Waals surface area contributed by atoms with Gasteiger partial charge in [-0.2, -0.15) is 0 Å². The molecule has 2 aromatic rings. The van der Waals surface area contributed by atoms with Crippen LogP contribution in [0, 0.1) is 6.92 Å². The number of nitrogens with one attached hydrogen (secondary N) is 1. The second-order valence-corrected chi connectivity index (χ2v) is 8.25. The van der Waals surface area contributed by atoms with E-state index >= 15 is 0 Å². The van der Waals surface area contributed by atoms with E-state index in [-0.39, 0.29) is 24.1 Å². The molecule has 1 heterocycles. The first-order chi connectivity index (χ1) is 14.5. The van der Waals surface area contributed by atoms with Crippen molar-refractivity contribution in [3.8, 4) is 28.4 Å². The fourth-order valence-electron chi connectivity index (χ4n) is 3.90. The van der Waals surface area contributed by atoms with Gasteiger partial charge >= 0.3 is 0 Å². The summed E-state index contributed by atoms with van der Waals surface area (Å²) >= 11 is 0. The van der Waals surface area contributed by atoms with Crippen molar-refractivity contribution in [2.45, 2.75) is 40.0 Å². The van der Waals surface area contributed by atoms with Gasteiger partial charge in [0.25, 0.3) is 0 Å². The van der Waals surface area contributed by atoms with Crippen LogP contribution in [0.2, 0.25) is 0 Å². The Hall–Kier alpha value is -1.95. The van der Waals surface area contributed by atoms with Crippen molar-refractivity contribution in [2.75, 3.05) is 45.9 Å². The quantitative estimate of drug-likeness (QED) is 0.566. The molecule has 0 saturated carbocycles. The van der Waals surface area contributed by atoms with E-state index in [0.29, 0.717) is 13.2 Å². The first-order valence-corrected chi connectivity index (χ1v) is 11.2. The number of ether oxygens (including phenoxy) is 2. The number of benzene rings is 2. The van der Waals surface area contributed by atoms with Crippen LogP contribution in [-0.4, -0.2) is 55.9 Å². The van der Waals surface area contributed by atoms with E-state index in [1.54, 1.807) is 0 Å². The van der Waals surface area contributed by atoms with Gasteiger partial charge in [0, 0.05) is 49.4 Å². The van der Waals surface area contributed by atoms with Crippen molar-refractivity contribution >= 4 is 12.4 Å². The van der Waals surface area contributed by atoms with Crippen molar-refractivity contribution in [3.63, 3.8) is 0 Å². The number of phenolic OH excluding ortho intramolecular Hbond substituents is 1. The second-order valence-electron chi connectivity index (χ2n) is 8.25. The minimum Gasteiger partial charge on any atom is -0.508 e. The van der Waals surface area contributed by atoms with Crippen LogP contribution >= 0.6 is 12.4 Å². The van der Waals surface area contributed by atoms with Crippen molar-refractivity contribution in [3.05, 3.63) is 41.5 Å². The molecule has 31 heavy (non-hydrogen) atoms. The van der Waals surface area contributed by atoms with Gasteiger partial charge in [0.15, 0.2) is 0 Å². The zero-order chi connectivity index (χ0) is 21.5. The van der Waals surface area contributed by atoms with Crippen LogP contribution in [0.1, 0.15) is 44.2 Å². The van der Waals surface area contributed by atoms with Crippen molar-refractivity contribution in [1.29, 1.82) is 0 Å². The molecule has 0 aromatic heterocycles. The standard InChI is InChI=1S/C25H36N2O3.ClH/c1-5-15-29-23-9-7-6-8-20(23)24-21(18(2)3)17-22(28)19(4)25(24)30-16-14-27-12-10-26-11-13-27;/h6-9,17-18,26,28H,5,10-16H2,1-4H3;1H. The summed E-state index contributed by atoms with van der Waals surface area (Å²) in [5, 5.41) is 14.0. The number of aromatic hydroxyl groups is 1. The van der Waals surface area contributed by atoms with Gasteiger partial charge in [0.2, 0.25) is 0 Å². The van der Waals surface area contributed by atoms with E-state index in [4.69, 9.17) is 9.47 Å². The number of piperazine rings is 1. The third-order valence-corrected chi connectivity index (χ3v) is 5.64. The Morgan fingerprint density at radius 1 is 1.10 bits per heavy atom. The van der Waals surface area contributed by atoms with E-state index < -0.39 is 0 Å². The summed E-state index contributed by atoms with van der Waals surface area (Å²) in [6.45, 7) is 14.6. The zero-order valence-corrected chi connectivity index (χ0v) is 20.1. The van der Waals surface area contributed by atoms with Crippen molar-refractivity contribution in [2.24, 2.45) is 0 Å². The number of hydrogen-bond donors (Lipinski definition) is 2. The largest absolute Gasteiger partial charge is 0.508 e. The van der Waals surface area contributed by atoms with Crippen molar-refractivity contribution < 1.29 is 14.6 Å². The molecule has 1 aliphatic heterocycles. The Balaban J connectivity index is 0.00000341. The van der Waals surface area contributed by atoms with Crippen LogP contribution in [0.5, 0.6) is 17.2 Å². The summed E-state index contributed by atoms with van der Waals surface area (Å²) in [5.41, 5.74) is 3.91. The molecule has 0 unspecified atom stereocenters. The molecule has 1 fully saturated rings. The van der Waals surface area contributed by atoms with Gasteiger partial charge < -0.3 is 19.9 Å². The molecular weight excluding hydrogens is 412 g/mol. The Kier molecular flexibility index (Phi) is 9.94. The molecule has 1 aliphatic rings. The predicted molar refractivity (Wildman–Crippen MR) is 130 cm³/mol. The number of hydrogen-bond acceptors (Lipinski definition) is 5. The molecule has 2 N–H and O–H groups in total. The molecule has 1 saturated heterocycles. The molecule has 2 aromatic carbocycles. The van der Waals surface area contributed by atoms with Gasteiger partial charge in [-0.1, -0.05) is 39.0 Å². The average Bonchev–Trinajstić information content (AvgIpc) is 2.76. The summed E-state index contributed by atoms with van der Waals surface area (Å²) < 4.78 is 12.4. The van der Waals surface area contributed by atoms with E-state index in [0.717, 1.165) is 72.9 Å². The first kappa shape index (κ1) is 25.3. The number of rotatable bonds is 9. The molecule has 0 spiro atoms. The molecule has 0 amide bonds. The lowest BCUT2D eigenvalue weighted by Gasteiger charge is -2.28. The summed E-state index contributed by atoms with van der Waals surface area (Å²) in [6, 6.07) is 10.0. The SMILES string of the molecule is CCCOc1ccccc1-c1c(C(C)C)cc(O)c(C)c1OCCN1CCNCC1.Cl. The highest BCUT2D eigenvalue weighted by Crippen LogP contribution is 2.46. The van der Waals surface area contributed by atoms with Gasteiger partial charge in [-0.05, 0) is 37.0 Å². The molecule has 0 radical (unpaired) electrons. The molecule has 0 aliphatic carbocycles. The minimum atomic E-state index is 0. The number of para-hydroxylation sites is 1. The monoisotopic (exact) mass is 448 g/mol. The highest BCUT2D eigenvalue weighted by Gasteiger charge is 2.23. The maximum Gasteiger partial charge on any atom is 0.134 e. The van der Waals surface area contributed by atoms with Gasteiger partial charge in [-0.25, -0.2) is 0 Å². The Bertz CT molecular complexity index is 836. The zero-order valence-electron chi connectivity index (χ0n) is 19.2. The van der Waals surface area contributed by atoms with Crippen LogP contribution in [-0.2, 0) is 0 Å². The second kappa shape index (κ2) is 12.2. The summed E-state index contributed by atoms with van der Waals surface area (Å²) in [6.07, 6.45) is 0.952. The Morgan fingerprint density at radius 2 is 1.81 bits per heavy atom. The van der Waals surface area contributed by atoms with Gasteiger partial charge in [-0.15, -0.1) is 12.4 Å². The fraction of sp³-hybridized carbons (Fsp3) is 0.520. The molecule has 5 nitrogen and oxygen atoms in total. The summed E-state index contributed by atoms with van der Waals surface area (Å²) in [4.78, 5) is 2.41. The van der Waals surface area contributed by atoms with Crippen LogP contribution in [0.15, 0.2) is 30.3 Å². The third-order valence-electron chi connectivity index (χ3n) is 5.64. The van der Waals surface area contributed by atoms with Gasteiger partial charge in [0.05, 0.1) is 6.61 Å². The van der Waals surface area contributed by atoms with Gasteiger partial charge in [0.1, 0.15) is 23.9 Å². The molecule has 172 valence electrons. The van der Waals surface area contributed by atoms with E-state index in [9.17, 15) is 5.11 Å². The predicted octanol–water partition coefficient (Wildman–Crippen LogP) is 4.99. The van der Waals surface area contributed by atoms with E-state index in [1.165, 1.54) is 0 Å². The lowest BCUT2D eigenvalue weighted by atomic mass is 9.89. The number of phenols is 1. The van der Waals surface area contributed by atoms with E-state index in [2.05, 4.69) is 37.1 Å². The van der Waals surface area contributed by atoms with Crippen LogP contribution in [0.3, 0.4) is 0 Å². The molecule has 6 heteroatoms. The molecule has 3 rings (SSSR count). The fourth-order valence-corrected chi connectivity index (χ4v) is 3.90. The highest BCUT2D eigenvalue weighted by atomic mass is 35.5. The number of nitrogens with zero attached hydrogens (tertiary/aromatic N) is 1. The number of halogens is 1. The Labute approximate surface area is 193 Å². The third kappa shape index (κ3) is 6.28. The molecular formula is C25H37ClN2O3. The first-order valence-electron chi connectivity index (χ1n) is 11.2. The minimum absolute atomic E-state index is 0. The topological polar surface area (TPSA) is 54.0 Å². The molecule has 0 atom stereocenters. The lowest BCUT2D eigenvalue weighted by Crippen LogP contribution is -2.44. The van der Waals surface area contributed by atoms with Crippen LogP contribution < -0.4 is 14.8 Å². The van der Waals surface area contributed by atoms with Crippen LogP contribution in [0.25, 0.3) is 11.1 Å². The maximum absolute atomic E-state index is 10.6. The average molecular weight is 449 g/mol. The summed E-state index contributed by atoms with van der Waals surface area (Å²) in [5.74, 6) is 2.15. The molecule has 0 bridgehead atoms. The lowest BCUT2D eigenvalue weighted by molar-refractivity contribution is 0.191.